The first-order valence-electron chi connectivity index (χ1n) is 7.59. The number of benzene rings is 2. The number of pyridine rings is 1. The van der Waals surface area contributed by atoms with Gasteiger partial charge in [0.2, 0.25) is 0 Å². The lowest BCUT2D eigenvalue weighted by atomic mass is 10.2. The average Bonchev–Trinajstić information content (AvgIpc) is 2.64. The Morgan fingerprint density at radius 1 is 0.840 bits per heavy atom. The molecule has 0 atom stereocenters. The van der Waals surface area contributed by atoms with Gasteiger partial charge in [-0.3, -0.25) is 4.98 Å². The van der Waals surface area contributed by atoms with Gasteiger partial charge in [-0.2, -0.15) is 0 Å². The van der Waals surface area contributed by atoms with Crippen LogP contribution in [0.15, 0.2) is 67.0 Å². The number of anilines is 2. The molecule has 25 heavy (non-hydrogen) atoms. The zero-order valence-electron chi connectivity index (χ0n) is 12.9. The minimum atomic E-state index is 0.597. The van der Waals surface area contributed by atoms with Crippen LogP contribution in [0.5, 0.6) is 0 Å². The smallest absolute Gasteiger partial charge is 0.163 e. The van der Waals surface area contributed by atoms with E-state index in [9.17, 15) is 0 Å². The lowest BCUT2D eigenvalue weighted by molar-refractivity contribution is 1.20. The van der Waals surface area contributed by atoms with Crippen molar-refractivity contribution in [2.75, 3.05) is 5.32 Å². The summed E-state index contributed by atoms with van der Waals surface area (Å²) in [7, 11) is 0. The van der Waals surface area contributed by atoms with E-state index in [2.05, 4.69) is 20.3 Å². The molecule has 2 aromatic carbocycles. The van der Waals surface area contributed by atoms with Crippen molar-refractivity contribution in [3.63, 3.8) is 0 Å². The molecule has 0 saturated heterocycles. The third-order valence-electron chi connectivity index (χ3n) is 3.68. The van der Waals surface area contributed by atoms with Crippen LogP contribution < -0.4 is 5.32 Å². The third kappa shape index (κ3) is 3.40. The molecule has 122 valence electrons. The van der Waals surface area contributed by atoms with Crippen LogP contribution >= 0.6 is 23.2 Å². The summed E-state index contributed by atoms with van der Waals surface area (Å²) in [4.78, 5) is 13.5. The quantitative estimate of drug-likeness (QED) is 0.502. The fraction of sp³-hybridized carbons (Fsp3) is 0. The van der Waals surface area contributed by atoms with Gasteiger partial charge in [-0.15, -0.1) is 0 Å². The number of hydrogen-bond donors (Lipinski definition) is 1. The van der Waals surface area contributed by atoms with E-state index in [1.165, 1.54) is 0 Å². The number of fused-ring (bicyclic) bond motifs is 1. The fourth-order valence-electron chi connectivity index (χ4n) is 2.49. The van der Waals surface area contributed by atoms with Gasteiger partial charge in [0.25, 0.3) is 0 Å². The van der Waals surface area contributed by atoms with Gasteiger partial charge in [-0.1, -0.05) is 23.2 Å². The van der Waals surface area contributed by atoms with E-state index < -0.39 is 0 Å². The normalized spacial score (nSPS) is 10.8. The number of hydrogen-bond acceptors (Lipinski definition) is 4. The molecule has 0 saturated carbocycles. The van der Waals surface area contributed by atoms with Gasteiger partial charge in [-0.05, 0) is 54.6 Å². The molecule has 0 fully saturated rings. The van der Waals surface area contributed by atoms with Crippen molar-refractivity contribution in [2.45, 2.75) is 0 Å². The molecule has 0 unspecified atom stereocenters. The van der Waals surface area contributed by atoms with Crippen LogP contribution in [0.2, 0.25) is 10.0 Å². The number of aromatic nitrogens is 3. The molecule has 0 aliphatic heterocycles. The molecule has 4 rings (SSSR count). The highest BCUT2D eigenvalue weighted by Crippen LogP contribution is 2.29. The van der Waals surface area contributed by atoms with E-state index in [1.54, 1.807) is 12.4 Å². The summed E-state index contributed by atoms with van der Waals surface area (Å²) in [5, 5.41) is 5.47. The van der Waals surface area contributed by atoms with E-state index in [1.807, 2.05) is 54.6 Å². The van der Waals surface area contributed by atoms with Gasteiger partial charge in [0, 0.05) is 39.1 Å². The number of nitrogens with one attached hydrogen (secondary N) is 1. The monoisotopic (exact) mass is 366 g/mol. The van der Waals surface area contributed by atoms with Crippen molar-refractivity contribution in [3.05, 3.63) is 77.0 Å². The molecule has 0 aliphatic carbocycles. The zero-order valence-corrected chi connectivity index (χ0v) is 14.5. The highest BCUT2D eigenvalue weighted by atomic mass is 35.5. The van der Waals surface area contributed by atoms with Crippen molar-refractivity contribution in [1.29, 1.82) is 0 Å². The lowest BCUT2D eigenvalue weighted by Crippen LogP contribution is -1.99. The van der Waals surface area contributed by atoms with E-state index >= 15 is 0 Å². The molecule has 0 amide bonds. The second kappa shape index (κ2) is 6.67. The number of rotatable bonds is 3. The molecule has 0 bridgehead atoms. The molecular weight excluding hydrogens is 355 g/mol. The van der Waals surface area contributed by atoms with Gasteiger partial charge in [0.1, 0.15) is 5.82 Å². The van der Waals surface area contributed by atoms with Crippen LogP contribution in [0, 0.1) is 0 Å². The van der Waals surface area contributed by atoms with Crippen LogP contribution in [0.25, 0.3) is 22.3 Å². The first kappa shape index (κ1) is 15.8. The van der Waals surface area contributed by atoms with E-state index in [-0.39, 0.29) is 0 Å². The lowest BCUT2D eigenvalue weighted by Gasteiger charge is -2.11. The first-order chi connectivity index (χ1) is 12.2. The van der Waals surface area contributed by atoms with Gasteiger partial charge in [-0.25, -0.2) is 9.97 Å². The molecule has 0 radical (unpaired) electrons. The first-order valence-corrected chi connectivity index (χ1v) is 8.35. The van der Waals surface area contributed by atoms with Crippen molar-refractivity contribution < 1.29 is 0 Å². The third-order valence-corrected chi connectivity index (χ3v) is 4.17. The molecule has 4 nitrogen and oxygen atoms in total. The summed E-state index contributed by atoms with van der Waals surface area (Å²) < 4.78 is 0. The summed E-state index contributed by atoms with van der Waals surface area (Å²) in [6, 6.07) is 16.8. The van der Waals surface area contributed by atoms with Crippen LogP contribution in [0.1, 0.15) is 0 Å². The Morgan fingerprint density at radius 2 is 1.64 bits per heavy atom. The molecular formula is C19H12Cl2N4. The van der Waals surface area contributed by atoms with Crippen molar-refractivity contribution >= 4 is 45.6 Å². The topological polar surface area (TPSA) is 50.7 Å². The summed E-state index contributed by atoms with van der Waals surface area (Å²) in [6.07, 6.45) is 3.46. The fourth-order valence-corrected chi connectivity index (χ4v) is 2.79. The van der Waals surface area contributed by atoms with E-state index in [0.29, 0.717) is 21.7 Å². The maximum absolute atomic E-state index is 6.16. The Balaban J connectivity index is 1.87. The average molecular weight is 367 g/mol. The molecule has 0 spiro atoms. The maximum Gasteiger partial charge on any atom is 0.163 e. The second-order valence-corrected chi connectivity index (χ2v) is 6.30. The molecule has 2 aromatic heterocycles. The Labute approximate surface area is 154 Å². The van der Waals surface area contributed by atoms with Crippen LogP contribution in [0.4, 0.5) is 11.5 Å². The standard InChI is InChI=1S/C19H12Cl2N4/c20-13-3-6-15(7-4-13)23-19-16-10-14(21)5-8-17(16)24-18(25-19)12-2-1-9-22-11-12/h1-11H,(H,23,24,25). The van der Waals surface area contributed by atoms with E-state index in [4.69, 9.17) is 23.2 Å². The summed E-state index contributed by atoms with van der Waals surface area (Å²) in [5.74, 6) is 1.27. The predicted octanol–water partition coefficient (Wildman–Crippen LogP) is 5.74. The van der Waals surface area contributed by atoms with Gasteiger partial charge in [0.05, 0.1) is 5.52 Å². The van der Waals surface area contributed by atoms with Gasteiger partial charge >= 0.3 is 0 Å². The summed E-state index contributed by atoms with van der Waals surface area (Å²) in [5.41, 5.74) is 2.52. The van der Waals surface area contributed by atoms with E-state index in [0.717, 1.165) is 22.2 Å². The van der Waals surface area contributed by atoms with Gasteiger partial charge < -0.3 is 5.32 Å². The zero-order chi connectivity index (χ0) is 17.2. The molecule has 2 heterocycles. The Bertz CT molecular complexity index is 1030. The largest absolute Gasteiger partial charge is 0.340 e. The SMILES string of the molecule is Clc1ccc(Nc2nc(-c3cccnc3)nc3ccc(Cl)cc23)cc1. The number of halogens is 2. The molecule has 0 aliphatic rings. The van der Waals surface area contributed by atoms with Crippen LogP contribution in [-0.2, 0) is 0 Å². The molecule has 4 aromatic rings. The Kier molecular flexibility index (Phi) is 4.22. The summed E-state index contributed by atoms with van der Waals surface area (Å²) in [6.45, 7) is 0. The highest BCUT2D eigenvalue weighted by molar-refractivity contribution is 6.31. The minimum absolute atomic E-state index is 0.597. The minimum Gasteiger partial charge on any atom is -0.340 e. The Hall–Kier alpha value is -2.69. The van der Waals surface area contributed by atoms with Crippen molar-refractivity contribution in [3.8, 4) is 11.4 Å². The molecule has 6 heteroatoms. The predicted molar refractivity (Wildman–Crippen MR) is 103 cm³/mol. The molecule has 1 N–H and O–H groups in total. The van der Waals surface area contributed by atoms with Crippen molar-refractivity contribution in [2.24, 2.45) is 0 Å². The van der Waals surface area contributed by atoms with Crippen molar-refractivity contribution in [1.82, 2.24) is 15.0 Å². The second-order valence-electron chi connectivity index (χ2n) is 5.43. The van der Waals surface area contributed by atoms with Crippen LogP contribution in [-0.4, -0.2) is 15.0 Å². The Morgan fingerprint density at radius 3 is 2.40 bits per heavy atom. The van der Waals surface area contributed by atoms with Gasteiger partial charge in [0.15, 0.2) is 5.82 Å². The van der Waals surface area contributed by atoms with Crippen LogP contribution in [0.3, 0.4) is 0 Å². The maximum atomic E-state index is 6.16. The highest BCUT2D eigenvalue weighted by Gasteiger charge is 2.10. The summed E-state index contributed by atoms with van der Waals surface area (Å²) >= 11 is 12.1. The number of nitrogens with zero attached hydrogens (tertiary/aromatic N) is 3.